The van der Waals surface area contributed by atoms with Crippen molar-refractivity contribution < 1.29 is 9.32 Å². The van der Waals surface area contributed by atoms with Crippen LogP contribution in [0.2, 0.25) is 0 Å². The van der Waals surface area contributed by atoms with Crippen LogP contribution >= 0.6 is 0 Å². The Morgan fingerprint density at radius 1 is 1.30 bits per heavy atom. The first-order valence-corrected chi connectivity index (χ1v) is 9.20. The third-order valence-electron chi connectivity index (χ3n) is 5.34. The number of benzene rings is 1. The highest BCUT2D eigenvalue weighted by atomic mass is 16.5. The van der Waals surface area contributed by atoms with E-state index in [1.165, 1.54) is 0 Å². The van der Waals surface area contributed by atoms with Crippen molar-refractivity contribution in [3.63, 3.8) is 0 Å². The maximum Gasteiger partial charge on any atom is 0.261 e. The summed E-state index contributed by atoms with van der Waals surface area (Å²) < 4.78 is 6.83. The monoisotopic (exact) mass is 366 g/mol. The van der Waals surface area contributed by atoms with E-state index in [2.05, 4.69) is 10.1 Å². The molecule has 3 aromatic rings. The molecule has 0 spiro atoms. The van der Waals surface area contributed by atoms with E-state index in [9.17, 15) is 9.59 Å². The van der Waals surface area contributed by atoms with Gasteiger partial charge in [-0.3, -0.25) is 14.2 Å². The van der Waals surface area contributed by atoms with E-state index in [0.717, 1.165) is 24.1 Å². The minimum absolute atomic E-state index is 0.0379. The number of carbonyl (C=O) groups excluding carboxylic acids is 1. The van der Waals surface area contributed by atoms with Gasteiger partial charge in [-0.15, -0.1) is 0 Å². The number of para-hydroxylation sites is 1. The van der Waals surface area contributed by atoms with Gasteiger partial charge in [-0.05, 0) is 38.8 Å². The predicted octanol–water partition coefficient (Wildman–Crippen LogP) is 2.41. The predicted molar refractivity (Wildman–Crippen MR) is 101 cm³/mol. The van der Waals surface area contributed by atoms with Crippen molar-refractivity contribution in [1.82, 2.24) is 19.6 Å². The van der Waals surface area contributed by atoms with Gasteiger partial charge in [0.25, 0.3) is 5.56 Å². The summed E-state index contributed by atoms with van der Waals surface area (Å²) in [6, 6.07) is 7.29. The molecule has 1 saturated heterocycles. The van der Waals surface area contributed by atoms with Gasteiger partial charge in [0.2, 0.25) is 5.91 Å². The lowest BCUT2D eigenvalue weighted by Crippen LogP contribution is -2.43. The molecule has 0 N–H and O–H groups in total. The second kappa shape index (κ2) is 6.98. The first kappa shape index (κ1) is 17.5. The lowest BCUT2D eigenvalue weighted by molar-refractivity contribution is -0.132. The van der Waals surface area contributed by atoms with Gasteiger partial charge in [-0.1, -0.05) is 17.3 Å². The van der Waals surface area contributed by atoms with Crippen LogP contribution in [0, 0.1) is 13.8 Å². The molecule has 1 atom stereocenters. The Kier molecular flexibility index (Phi) is 4.51. The summed E-state index contributed by atoms with van der Waals surface area (Å²) in [6.45, 7) is 4.89. The number of aromatic nitrogens is 3. The Bertz CT molecular complexity index is 1030. The van der Waals surface area contributed by atoms with Gasteiger partial charge in [0.15, 0.2) is 0 Å². The molecule has 0 unspecified atom stereocenters. The lowest BCUT2D eigenvalue weighted by Gasteiger charge is -2.33. The third kappa shape index (κ3) is 3.25. The van der Waals surface area contributed by atoms with Crippen molar-refractivity contribution >= 4 is 16.8 Å². The maximum absolute atomic E-state index is 12.8. The van der Waals surface area contributed by atoms with Gasteiger partial charge < -0.3 is 9.42 Å². The lowest BCUT2D eigenvalue weighted by atomic mass is 10.0. The summed E-state index contributed by atoms with van der Waals surface area (Å²) in [5.41, 5.74) is 2.25. The van der Waals surface area contributed by atoms with E-state index in [1.54, 1.807) is 17.0 Å². The molecule has 1 aliphatic heterocycles. The van der Waals surface area contributed by atoms with Crippen molar-refractivity contribution in [1.29, 1.82) is 0 Å². The SMILES string of the molecule is Cc1noc(C)c1CC(=O)N1CCC[C@H](n2cnc3ccccc3c2=O)C1. The highest BCUT2D eigenvalue weighted by Crippen LogP contribution is 2.22. The smallest absolute Gasteiger partial charge is 0.261 e. The van der Waals surface area contributed by atoms with Gasteiger partial charge in [0.1, 0.15) is 5.76 Å². The number of carbonyl (C=O) groups is 1. The van der Waals surface area contributed by atoms with Crippen LogP contribution in [0.15, 0.2) is 39.9 Å². The molecule has 2 aromatic heterocycles. The van der Waals surface area contributed by atoms with Gasteiger partial charge in [0.05, 0.1) is 35.4 Å². The van der Waals surface area contributed by atoms with Gasteiger partial charge in [-0.2, -0.15) is 0 Å². The van der Waals surface area contributed by atoms with Crippen LogP contribution in [0.1, 0.15) is 35.9 Å². The zero-order valence-electron chi connectivity index (χ0n) is 15.5. The normalized spacial score (nSPS) is 17.4. The largest absolute Gasteiger partial charge is 0.361 e. The van der Waals surface area contributed by atoms with Crippen LogP contribution in [0.5, 0.6) is 0 Å². The fraction of sp³-hybridized carbons (Fsp3) is 0.400. The van der Waals surface area contributed by atoms with Crippen molar-refractivity contribution in [3.05, 3.63) is 58.0 Å². The van der Waals surface area contributed by atoms with Gasteiger partial charge in [0, 0.05) is 18.7 Å². The van der Waals surface area contributed by atoms with E-state index >= 15 is 0 Å². The molecule has 1 amide bonds. The molecular formula is C20H22N4O3. The average Bonchev–Trinajstić information content (AvgIpc) is 3.00. The Morgan fingerprint density at radius 2 is 2.11 bits per heavy atom. The van der Waals surface area contributed by atoms with Crippen molar-refractivity contribution in [2.75, 3.05) is 13.1 Å². The molecule has 0 radical (unpaired) electrons. The number of rotatable bonds is 3. The molecule has 1 aromatic carbocycles. The van der Waals surface area contributed by atoms with Crippen molar-refractivity contribution in [2.24, 2.45) is 0 Å². The Hall–Kier alpha value is -2.96. The standard InChI is InChI=1S/C20H22N4O3/c1-13-17(14(2)27-22-13)10-19(25)23-9-5-6-15(11-23)24-12-21-18-8-4-3-7-16(18)20(24)26/h3-4,7-8,12,15H,5-6,9-11H2,1-2H3/t15-/m0/s1. The number of likely N-dealkylation sites (tertiary alicyclic amines) is 1. The number of piperidine rings is 1. The molecule has 1 aliphatic rings. The molecule has 7 heteroatoms. The second-order valence-corrected chi connectivity index (χ2v) is 7.09. The van der Waals surface area contributed by atoms with E-state index in [1.807, 2.05) is 36.9 Å². The topological polar surface area (TPSA) is 81.2 Å². The van der Waals surface area contributed by atoms with Crippen LogP contribution in [0.4, 0.5) is 0 Å². The van der Waals surface area contributed by atoms with E-state index in [0.29, 0.717) is 29.8 Å². The molecule has 4 rings (SSSR count). The summed E-state index contributed by atoms with van der Waals surface area (Å²) in [7, 11) is 0. The Labute approximate surface area is 156 Å². The quantitative estimate of drug-likeness (QED) is 0.711. The van der Waals surface area contributed by atoms with E-state index in [-0.39, 0.29) is 23.9 Å². The summed E-state index contributed by atoms with van der Waals surface area (Å²) >= 11 is 0. The fourth-order valence-electron chi connectivity index (χ4n) is 3.77. The van der Waals surface area contributed by atoms with Crippen molar-refractivity contribution in [2.45, 2.75) is 39.2 Å². The number of hydrogen-bond donors (Lipinski definition) is 0. The molecule has 27 heavy (non-hydrogen) atoms. The van der Waals surface area contributed by atoms with E-state index < -0.39 is 0 Å². The summed E-state index contributed by atoms with van der Waals surface area (Å²) in [6.07, 6.45) is 3.60. The van der Waals surface area contributed by atoms with Gasteiger partial charge >= 0.3 is 0 Å². The fourth-order valence-corrected chi connectivity index (χ4v) is 3.77. The van der Waals surface area contributed by atoms with Crippen LogP contribution < -0.4 is 5.56 Å². The Morgan fingerprint density at radius 3 is 2.89 bits per heavy atom. The molecule has 0 bridgehead atoms. The summed E-state index contributed by atoms with van der Waals surface area (Å²) in [4.78, 5) is 31.9. The molecule has 0 aliphatic carbocycles. The van der Waals surface area contributed by atoms with Crippen LogP contribution in [0.3, 0.4) is 0 Å². The summed E-state index contributed by atoms with van der Waals surface area (Å²) in [5.74, 6) is 0.722. The number of nitrogens with zero attached hydrogens (tertiary/aromatic N) is 4. The molecule has 140 valence electrons. The zero-order valence-corrected chi connectivity index (χ0v) is 15.5. The minimum atomic E-state index is -0.0584. The first-order valence-electron chi connectivity index (χ1n) is 9.20. The zero-order chi connectivity index (χ0) is 19.0. The molecule has 7 nitrogen and oxygen atoms in total. The highest BCUT2D eigenvalue weighted by molar-refractivity contribution is 5.79. The average molecular weight is 366 g/mol. The molecule has 1 fully saturated rings. The summed E-state index contributed by atoms with van der Waals surface area (Å²) in [5, 5.41) is 4.53. The minimum Gasteiger partial charge on any atom is -0.361 e. The number of fused-ring (bicyclic) bond motifs is 1. The Balaban J connectivity index is 1.55. The van der Waals surface area contributed by atoms with Crippen molar-refractivity contribution in [3.8, 4) is 0 Å². The molecule has 0 saturated carbocycles. The van der Waals surface area contributed by atoms with Gasteiger partial charge in [-0.25, -0.2) is 4.98 Å². The third-order valence-corrected chi connectivity index (χ3v) is 5.34. The number of amides is 1. The second-order valence-electron chi connectivity index (χ2n) is 7.09. The van der Waals surface area contributed by atoms with Crippen LogP contribution in [-0.2, 0) is 11.2 Å². The number of aryl methyl sites for hydroxylation is 2. The molecule has 3 heterocycles. The molecular weight excluding hydrogens is 344 g/mol. The maximum atomic E-state index is 12.8. The van der Waals surface area contributed by atoms with E-state index in [4.69, 9.17) is 4.52 Å². The highest BCUT2D eigenvalue weighted by Gasteiger charge is 2.27. The van der Waals surface area contributed by atoms with Crippen LogP contribution in [0.25, 0.3) is 10.9 Å². The first-order chi connectivity index (χ1) is 13.0. The number of hydrogen-bond acceptors (Lipinski definition) is 5. The van der Waals surface area contributed by atoms with Crippen LogP contribution in [-0.4, -0.2) is 38.6 Å².